The van der Waals surface area contributed by atoms with Gasteiger partial charge >= 0.3 is 5.63 Å². The average Bonchev–Trinajstić information content (AvgIpc) is 3.48. The number of nitrogens with one attached hydrogen (secondary N) is 2. The van der Waals surface area contributed by atoms with Gasteiger partial charge in [0.25, 0.3) is 11.5 Å². The number of carbonyl (C=O) groups excluding carboxylic acids is 1. The fourth-order valence-corrected chi connectivity index (χ4v) is 4.30. The van der Waals surface area contributed by atoms with E-state index in [1.54, 1.807) is 41.9 Å². The quantitative estimate of drug-likeness (QED) is 0.348. The van der Waals surface area contributed by atoms with Crippen molar-refractivity contribution in [1.82, 2.24) is 29.5 Å². The Bertz CT molecular complexity index is 2010. The van der Waals surface area contributed by atoms with Crippen LogP contribution in [0.3, 0.4) is 0 Å². The first kappa shape index (κ1) is 23.1. The summed E-state index contributed by atoms with van der Waals surface area (Å²) in [6.07, 6.45) is 1.46. The van der Waals surface area contributed by atoms with Gasteiger partial charge in [-0.15, -0.1) is 0 Å². The highest BCUT2D eigenvalue weighted by Gasteiger charge is 2.20. The van der Waals surface area contributed by atoms with Crippen molar-refractivity contribution < 1.29 is 9.21 Å². The third kappa shape index (κ3) is 3.77. The molecule has 38 heavy (non-hydrogen) atoms. The van der Waals surface area contributed by atoms with Gasteiger partial charge in [-0.05, 0) is 50.1 Å². The van der Waals surface area contributed by atoms with E-state index in [1.165, 1.54) is 16.9 Å². The molecule has 2 aromatic carbocycles. The van der Waals surface area contributed by atoms with E-state index in [-0.39, 0.29) is 17.3 Å². The van der Waals surface area contributed by atoms with Crippen molar-refractivity contribution in [3.63, 3.8) is 0 Å². The molecule has 6 aromatic rings. The minimum atomic E-state index is -0.769. The van der Waals surface area contributed by atoms with Crippen LogP contribution in [0, 0.1) is 20.8 Å². The third-order valence-electron chi connectivity index (χ3n) is 6.39. The molecule has 188 valence electrons. The van der Waals surface area contributed by atoms with Crippen LogP contribution >= 0.6 is 0 Å². The molecule has 1 amide bonds. The van der Waals surface area contributed by atoms with Crippen molar-refractivity contribution in [2.24, 2.45) is 0 Å². The first-order valence-electron chi connectivity index (χ1n) is 11.8. The number of carbonyl (C=O) groups is 1. The highest BCUT2D eigenvalue weighted by Crippen LogP contribution is 2.22. The predicted molar refractivity (Wildman–Crippen MR) is 141 cm³/mol. The smallest absolute Gasteiger partial charge is 0.349 e. The SMILES string of the molecule is Cc1cc(NC(=O)c2cc3ccccc3oc2=O)n(-c2nc3c(cnn3-c3cccc(C)c3C)c(=O)[nH]2)n1. The van der Waals surface area contributed by atoms with Crippen LogP contribution in [0.2, 0.25) is 0 Å². The van der Waals surface area contributed by atoms with E-state index in [9.17, 15) is 14.4 Å². The van der Waals surface area contributed by atoms with Crippen LogP contribution in [0.15, 0.2) is 74.8 Å². The Kier molecular flexibility index (Phi) is 5.26. The van der Waals surface area contributed by atoms with Crippen LogP contribution in [0.4, 0.5) is 5.82 Å². The molecule has 4 aromatic heterocycles. The van der Waals surface area contributed by atoms with Gasteiger partial charge in [0.1, 0.15) is 22.4 Å². The molecular weight excluding hydrogens is 486 g/mol. The summed E-state index contributed by atoms with van der Waals surface area (Å²) in [5, 5.41) is 12.4. The second-order valence-electron chi connectivity index (χ2n) is 8.92. The van der Waals surface area contributed by atoms with E-state index in [0.717, 1.165) is 16.8 Å². The number of aryl methyl sites for hydroxylation is 2. The number of hydrogen-bond acceptors (Lipinski definition) is 7. The van der Waals surface area contributed by atoms with Crippen LogP contribution in [0.25, 0.3) is 33.6 Å². The second-order valence-corrected chi connectivity index (χ2v) is 8.92. The molecule has 0 fully saturated rings. The number of nitrogens with zero attached hydrogens (tertiary/aromatic N) is 5. The molecule has 11 heteroatoms. The number of benzene rings is 2. The standard InChI is InChI=1S/C27H21N7O4/c1-14-7-6-9-20(16(14)3)33-23-19(13-28-33)25(36)31-27(30-23)34-22(11-15(2)32-34)29-24(35)18-12-17-8-4-5-10-21(17)38-26(18)37/h4-13H,1-3H3,(H,29,35)(H,30,31,36). The minimum absolute atomic E-state index is 0.0727. The molecular formula is C27H21N7O4. The Labute approximate surface area is 214 Å². The van der Waals surface area contributed by atoms with Crippen molar-refractivity contribution in [1.29, 1.82) is 0 Å². The maximum Gasteiger partial charge on any atom is 0.349 e. The van der Waals surface area contributed by atoms with Gasteiger partial charge < -0.3 is 9.73 Å². The molecule has 2 N–H and O–H groups in total. The summed E-state index contributed by atoms with van der Waals surface area (Å²) in [5.41, 5.74) is 2.77. The molecule has 6 rings (SSSR count). The molecule has 4 heterocycles. The van der Waals surface area contributed by atoms with Crippen molar-refractivity contribution in [3.05, 3.63) is 104 Å². The van der Waals surface area contributed by atoms with E-state index >= 15 is 0 Å². The Balaban J connectivity index is 1.44. The number of hydrogen-bond donors (Lipinski definition) is 2. The van der Waals surface area contributed by atoms with E-state index in [1.807, 2.05) is 32.0 Å². The Morgan fingerprint density at radius 2 is 1.82 bits per heavy atom. The Hall–Kier alpha value is -5.32. The molecule has 0 aliphatic carbocycles. The zero-order valence-corrected chi connectivity index (χ0v) is 20.6. The largest absolute Gasteiger partial charge is 0.422 e. The molecule has 0 saturated carbocycles. The van der Waals surface area contributed by atoms with Gasteiger partial charge in [0.2, 0.25) is 5.95 Å². The zero-order valence-electron chi connectivity index (χ0n) is 20.6. The van der Waals surface area contributed by atoms with Crippen molar-refractivity contribution in [2.45, 2.75) is 20.8 Å². The lowest BCUT2D eigenvalue weighted by atomic mass is 10.1. The molecule has 0 bridgehead atoms. The van der Waals surface area contributed by atoms with E-state index in [2.05, 4.69) is 25.5 Å². The van der Waals surface area contributed by atoms with Crippen LogP contribution in [-0.4, -0.2) is 35.4 Å². The van der Waals surface area contributed by atoms with Gasteiger partial charge in [-0.25, -0.2) is 9.48 Å². The first-order valence-corrected chi connectivity index (χ1v) is 11.8. The van der Waals surface area contributed by atoms with Gasteiger partial charge in [0.15, 0.2) is 5.65 Å². The second kappa shape index (κ2) is 8.66. The summed E-state index contributed by atoms with van der Waals surface area (Å²) < 4.78 is 8.20. The number of fused-ring (bicyclic) bond motifs is 2. The normalized spacial score (nSPS) is 11.3. The summed E-state index contributed by atoms with van der Waals surface area (Å²) >= 11 is 0. The van der Waals surface area contributed by atoms with Crippen LogP contribution in [-0.2, 0) is 0 Å². The van der Waals surface area contributed by atoms with Crippen molar-refractivity contribution >= 4 is 33.7 Å². The van der Waals surface area contributed by atoms with Crippen LogP contribution < -0.4 is 16.5 Å². The monoisotopic (exact) mass is 507 g/mol. The van der Waals surface area contributed by atoms with Crippen LogP contribution in [0.1, 0.15) is 27.2 Å². The molecule has 0 radical (unpaired) electrons. The number of aromatic nitrogens is 6. The summed E-state index contributed by atoms with van der Waals surface area (Å²) in [6, 6.07) is 15.8. The zero-order chi connectivity index (χ0) is 26.6. The highest BCUT2D eigenvalue weighted by atomic mass is 16.4. The number of rotatable bonds is 4. The Morgan fingerprint density at radius 3 is 2.66 bits per heavy atom. The number of para-hydroxylation sites is 1. The predicted octanol–water partition coefficient (Wildman–Crippen LogP) is 3.58. The Morgan fingerprint density at radius 1 is 1.00 bits per heavy atom. The lowest BCUT2D eigenvalue weighted by molar-refractivity contribution is 0.102. The van der Waals surface area contributed by atoms with Crippen molar-refractivity contribution in [3.8, 4) is 11.6 Å². The fraction of sp³-hybridized carbons (Fsp3) is 0.111. The van der Waals surface area contributed by atoms with E-state index in [0.29, 0.717) is 27.7 Å². The highest BCUT2D eigenvalue weighted by molar-refractivity contribution is 6.05. The van der Waals surface area contributed by atoms with Gasteiger partial charge in [-0.1, -0.05) is 30.3 Å². The van der Waals surface area contributed by atoms with Gasteiger partial charge in [-0.3, -0.25) is 14.6 Å². The number of anilines is 1. The minimum Gasteiger partial charge on any atom is -0.422 e. The molecule has 0 atom stereocenters. The van der Waals surface area contributed by atoms with E-state index < -0.39 is 17.1 Å². The average molecular weight is 508 g/mol. The first-order chi connectivity index (χ1) is 18.3. The summed E-state index contributed by atoms with van der Waals surface area (Å²) in [4.78, 5) is 45.9. The van der Waals surface area contributed by atoms with Gasteiger partial charge in [0.05, 0.1) is 17.6 Å². The summed E-state index contributed by atoms with van der Waals surface area (Å²) in [7, 11) is 0. The molecule has 0 unspecified atom stereocenters. The molecule has 0 aliphatic rings. The number of aromatic amines is 1. The third-order valence-corrected chi connectivity index (χ3v) is 6.39. The molecule has 11 nitrogen and oxygen atoms in total. The number of amides is 1. The fourth-order valence-electron chi connectivity index (χ4n) is 4.30. The lowest BCUT2D eigenvalue weighted by Crippen LogP contribution is -2.23. The maximum absolute atomic E-state index is 13.1. The molecule has 0 aliphatic heterocycles. The topological polar surface area (TPSA) is 141 Å². The number of H-pyrrole nitrogens is 1. The summed E-state index contributed by atoms with van der Waals surface area (Å²) in [6.45, 7) is 5.70. The maximum atomic E-state index is 13.1. The lowest BCUT2D eigenvalue weighted by Gasteiger charge is -2.11. The molecule has 0 saturated heterocycles. The summed E-state index contributed by atoms with van der Waals surface area (Å²) in [5.74, 6) is -0.404. The van der Waals surface area contributed by atoms with E-state index in [4.69, 9.17) is 4.42 Å². The van der Waals surface area contributed by atoms with Gasteiger partial charge in [-0.2, -0.15) is 19.9 Å². The van der Waals surface area contributed by atoms with Gasteiger partial charge in [0, 0.05) is 11.5 Å². The molecule has 0 spiro atoms. The van der Waals surface area contributed by atoms with Crippen molar-refractivity contribution in [2.75, 3.05) is 5.32 Å². The van der Waals surface area contributed by atoms with Crippen LogP contribution in [0.5, 0.6) is 0 Å².